The Morgan fingerprint density at radius 1 is 1.18 bits per heavy atom. The fourth-order valence-electron chi connectivity index (χ4n) is 3.67. The van der Waals surface area contributed by atoms with E-state index in [4.69, 9.17) is 14.6 Å². The molecule has 4 rings (SSSR count). The fourth-order valence-corrected chi connectivity index (χ4v) is 3.67. The van der Waals surface area contributed by atoms with Gasteiger partial charge in [-0.05, 0) is 13.0 Å². The van der Waals surface area contributed by atoms with E-state index in [1.165, 1.54) is 5.56 Å². The molecule has 1 spiro atoms. The second kappa shape index (κ2) is 7.64. The van der Waals surface area contributed by atoms with Gasteiger partial charge in [0.1, 0.15) is 5.75 Å². The lowest BCUT2D eigenvalue weighted by molar-refractivity contribution is -0.138. The minimum absolute atomic E-state index is 0.105. The molecule has 28 heavy (non-hydrogen) atoms. The summed E-state index contributed by atoms with van der Waals surface area (Å²) in [4.78, 5) is 25.3. The second-order valence-corrected chi connectivity index (χ2v) is 7.35. The number of rotatable bonds is 4. The lowest BCUT2D eigenvalue weighted by Gasteiger charge is -2.35. The maximum atomic E-state index is 12.7. The molecular formula is C22H25N3O3. The lowest BCUT2D eigenvalue weighted by atomic mass is 10.00. The number of carbonyl (C=O) groups is 1. The molecule has 0 unspecified atom stereocenters. The smallest absolute Gasteiger partial charge is 0.227 e. The first kappa shape index (κ1) is 18.5. The Kier molecular flexibility index (Phi) is 5.05. The molecule has 0 bridgehead atoms. The number of methoxy groups -OCH3 is 1. The summed E-state index contributed by atoms with van der Waals surface area (Å²) in [6, 6.07) is 15.8. The summed E-state index contributed by atoms with van der Waals surface area (Å²) in [6.07, 6.45) is 1.69. The number of amides is 1. The summed E-state index contributed by atoms with van der Waals surface area (Å²) in [5, 5.41) is 0. The van der Waals surface area contributed by atoms with Crippen LogP contribution in [-0.2, 0) is 16.1 Å². The molecule has 0 saturated carbocycles. The van der Waals surface area contributed by atoms with E-state index in [1.54, 1.807) is 7.11 Å². The fraction of sp³-hybridized carbons (Fsp3) is 0.364. The normalized spacial score (nSPS) is 17.9. The quantitative estimate of drug-likeness (QED) is 0.887. The number of benzene rings is 2. The van der Waals surface area contributed by atoms with Crippen LogP contribution in [-0.4, -0.2) is 42.6 Å². The van der Waals surface area contributed by atoms with Crippen molar-refractivity contribution in [2.75, 3.05) is 20.2 Å². The first-order valence-corrected chi connectivity index (χ1v) is 9.59. The maximum Gasteiger partial charge on any atom is 0.227 e. The average molecular weight is 379 g/mol. The molecule has 0 radical (unpaired) electrons. The van der Waals surface area contributed by atoms with Gasteiger partial charge in [-0.25, -0.2) is 15.3 Å². The summed E-state index contributed by atoms with van der Waals surface area (Å²) >= 11 is 0. The molecule has 6 heteroatoms. The molecule has 2 aromatic rings. The number of aliphatic imine (C=N–C) groups is 1. The topological polar surface area (TPSA) is 63.2 Å². The molecule has 2 heterocycles. The number of hydrogen-bond donors (Lipinski definition) is 1. The number of nitrogens with zero attached hydrogens (tertiary/aromatic N) is 2. The Balaban J connectivity index is 1.39. The van der Waals surface area contributed by atoms with E-state index in [-0.39, 0.29) is 5.91 Å². The number of hydrogen-bond acceptors (Lipinski definition) is 5. The number of para-hydroxylation sites is 1. The summed E-state index contributed by atoms with van der Waals surface area (Å²) < 4.78 is 5.35. The van der Waals surface area contributed by atoms with Gasteiger partial charge in [-0.1, -0.05) is 48.0 Å². The molecule has 0 aromatic heterocycles. The first-order valence-electron chi connectivity index (χ1n) is 9.59. The zero-order valence-corrected chi connectivity index (χ0v) is 16.3. The minimum atomic E-state index is -0.582. The Labute approximate surface area is 165 Å². The number of nitrogens with one attached hydrogen (secondary N) is 1. The molecule has 1 fully saturated rings. The average Bonchev–Trinajstić information content (AvgIpc) is 3.13. The van der Waals surface area contributed by atoms with Crippen LogP contribution < -0.4 is 10.2 Å². The monoisotopic (exact) mass is 379 g/mol. The first-order chi connectivity index (χ1) is 13.6. The van der Waals surface area contributed by atoms with Gasteiger partial charge in [0.25, 0.3) is 0 Å². The van der Waals surface area contributed by atoms with Gasteiger partial charge < -0.3 is 9.64 Å². The standard InChI is InChI=1S/C22H25N3O3/c1-16-7-9-17(10-8-16)21-23-22(28-24-21)11-13-25(14-12-22)20(26)15-18-5-3-4-6-19(18)27-2/h3-10H,11-15H2,1-2H3,(H,23,24). The summed E-state index contributed by atoms with van der Waals surface area (Å²) in [7, 11) is 1.63. The predicted octanol–water partition coefficient (Wildman–Crippen LogP) is 2.85. The van der Waals surface area contributed by atoms with Crippen LogP contribution in [0.2, 0.25) is 0 Å². The molecule has 146 valence electrons. The molecule has 2 aliphatic heterocycles. The Hall–Kier alpha value is -2.86. The van der Waals surface area contributed by atoms with E-state index >= 15 is 0 Å². The Morgan fingerprint density at radius 3 is 2.61 bits per heavy atom. The number of amidine groups is 1. The third-order valence-corrected chi connectivity index (χ3v) is 5.41. The van der Waals surface area contributed by atoms with Crippen molar-refractivity contribution >= 4 is 11.7 Å². The molecule has 1 saturated heterocycles. The molecule has 1 N–H and O–H groups in total. The number of likely N-dealkylation sites (tertiary alicyclic amines) is 1. The van der Waals surface area contributed by atoms with Crippen molar-refractivity contribution in [2.24, 2.45) is 4.99 Å². The minimum Gasteiger partial charge on any atom is -0.496 e. The van der Waals surface area contributed by atoms with Crippen molar-refractivity contribution in [2.45, 2.75) is 31.9 Å². The maximum absolute atomic E-state index is 12.7. The van der Waals surface area contributed by atoms with Gasteiger partial charge >= 0.3 is 0 Å². The van der Waals surface area contributed by atoms with Gasteiger partial charge in [-0.2, -0.15) is 0 Å². The van der Waals surface area contributed by atoms with E-state index in [2.05, 4.69) is 24.5 Å². The lowest BCUT2D eigenvalue weighted by Crippen LogP contribution is -2.47. The highest BCUT2D eigenvalue weighted by atomic mass is 16.7. The van der Waals surface area contributed by atoms with E-state index < -0.39 is 5.72 Å². The van der Waals surface area contributed by atoms with E-state index in [1.807, 2.05) is 41.3 Å². The van der Waals surface area contributed by atoms with Crippen molar-refractivity contribution in [1.29, 1.82) is 0 Å². The molecule has 2 aromatic carbocycles. The van der Waals surface area contributed by atoms with Crippen LogP contribution in [0.1, 0.15) is 29.5 Å². The van der Waals surface area contributed by atoms with Gasteiger partial charge in [-0.3, -0.25) is 4.79 Å². The molecule has 1 amide bonds. The largest absolute Gasteiger partial charge is 0.496 e. The third kappa shape index (κ3) is 3.73. The van der Waals surface area contributed by atoms with Crippen molar-refractivity contribution < 1.29 is 14.4 Å². The van der Waals surface area contributed by atoms with Gasteiger partial charge in [0.2, 0.25) is 5.91 Å². The van der Waals surface area contributed by atoms with Gasteiger partial charge in [-0.15, -0.1) is 0 Å². The molecule has 6 nitrogen and oxygen atoms in total. The number of carbonyl (C=O) groups excluding carboxylic acids is 1. The zero-order valence-electron chi connectivity index (χ0n) is 16.3. The van der Waals surface area contributed by atoms with Crippen LogP contribution >= 0.6 is 0 Å². The van der Waals surface area contributed by atoms with E-state index in [0.717, 1.165) is 22.7 Å². The van der Waals surface area contributed by atoms with Gasteiger partial charge in [0, 0.05) is 37.1 Å². The second-order valence-electron chi connectivity index (χ2n) is 7.35. The van der Waals surface area contributed by atoms with Crippen molar-refractivity contribution in [1.82, 2.24) is 10.4 Å². The number of ether oxygens (including phenoxy) is 1. The van der Waals surface area contributed by atoms with Crippen molar-refractivity contribution in [3.63, 3.8) is 0 Å². The molecule has 2 aliphatic rings. The summed E-state index contributed by atoms with van der Waals surface area (Å²) in [5.74, 6) is 1.61. The van der Waals surface area contributed by atoms with E-state index in [9.17, 15) is 4.79 Å². The van der Waals surface area contributed by atoms with Crippen molar-refractivity contribution in [3.05, 3.63) is 65.2 Å². The third-order valence-electron chi connectivity index (χ3n) is 5.41. The summed E-state index contributed by atoms with van der Waals surface area (Å²) in [5.41, 5.74) is 5.53. The van der Waals surface area contributed by atoms with E-state index in [0.29, 0.717) is 32.4 Å². The van der Waals surface area contributed by atoms with Gasteiger partial charge in [0.05, 0.1) is 13.5 Å². The SMILES string of the molecule is COc1ccccc1CC(=O)N1CCC2(CC1)N=C(c1ccc(C)cc1)NO2. The predicted molar refractivity (Wildman–Crippen MR) is 107 cm³/mol. The highest BCUT2D eigenvalue weighted by Crippen LogP contribution is 2.31. The molecular weight excluding hydrogens is 354 g/mol. The highest BCUT2D eigenvalue weighted by molar-refractivity contribution is 5.99. The highest BCUT2D eigenvalue weighted by Gasteiger charge is 2.41. The van der Waals surface area contributed by atoms with Crippen LogP contribution in [0.4, 0.5) is 0 Å². The zero-order chi connectivity index (χ0) is 19.6. The van der Waals surface area contributed by atoms with Crippen LogP contribution in [0.5, 0.6) is 5.75 Å². The molecule has 0 aliphatic carbocycles. The number of aryl methyl sites for hydroxylation is 1. The van der Waals surface area contributed by atoms with Crippen LogP contribution in [0.25, 0.3) is 0 Å². The van der Waals surface area contributed by atoms with Crippen LogP contribution in [0.15, 0.2) is 53.5 Å². The van der Waals surface area contributed by atoms with Gasteiger partial charge in [0.15, 0.2) is 11.6 Å². The van der Waals surface area contributed by atoms with Crippen LogP contribution in [0.3, 0.4) is 0 Å². The number of hydroxylamine groups is 1. The molecule has 0 atom stereocenters. The number of piperidine rings is 1. The Bertz CT molecular complexity index is 884. The van der Waals surface area contributed by atoms with Crippen molar-refractivity contribution in [3.8, 4) is 5.75 Å². The van der Waals surface area contributed by atoms with Crippen LogP contribution in [0, 0.1) is 6.92 Å². The summed E-state index contributed by atoms with van der Waals surface area (Å²) in [6.45, 7) is 3.31. The Morgan fingerprint density at radius 2 is 1.89 bits per heavy atom.